The third kappa shape index (κ3) is 2.66. The molecule has 2 N–H and O–H groups in total. The van der Waals surface area contributed by atoms with Crippen molar-refractivity contribution in [3.63, 3.8) is 0 Å². The lowest BCUT2D eigenvalue weighted by atomic mass is 10.1. The Balaban J connectivity index is 3.24. The van der Waals surface area contributed by atoms with Gasteiger partial charge >= 0.3 is 7.60 Å². The summed E-state index contributed by atoms with van der Waals surface area (Å²) in [6.45, 7) is 3.79. The molecule has 0 spiro atoms. The van der Waals surface area contributed by atoms with Crippen LogP contribution in [0, 0.1) is 6.92 Å². The summed E-state index contributed by atoms with van der Waals surface area (Å²) in [5.74, 6) is 0. The Labute approximate surface area is 77.6 Å². The van der Waals surface area contributed by atoms with Crippen LogP contribution in [0.1, 0.15) is 18.1 Å². The molecular weight excluding hydrogens is 187 g/mol. The topological polar surface area (TPSA) is 57.5 Å². The lowest BCUT2D eigenvalue weighted by molar-refractivity contribution is 0.387. The molecule has 0 aliphatic rings. The number of benzene rings is 1. The van der Waals surface area contributed by atoms with E-state index in [0.717, 1.165) is 17.5 Å². The molecule has 1 rings (SSSR count). The van der Waals surface area contributed by atoms with Crippen molar-refractivity contribution in [3.8, 4) is 0 Å². The van der Waals surface area contributed by atoms with Gasteiger partial charge in [0.15, 0.2) is 0 Å². The van der Waals surface area contributed by atoms with Crippen molar-refractivity contribution >= 4 is 12.9 Å². The molecule has 0 unspecified atom stereocenters. The van der Waals surface area contributed by atoms with E-state index in [1.807, 2.05) is 19.9 Å². The molecule has 0 aliphatic carbocycles. The first-order valence-electron chi connectivity index (χ1n) is 4.10. The van der Waals surface area contributed by atoms with E-state index in [2.05, 4.69) is 0 Å². The van der Waals surface area contributed by atoms with Gasteiger partial charge in [-0.2, -0.15) is 0 Å². The fourth-order valence-corrected chi connectivity index (χ4v) is 1.92. The molecule has 0 atom stereocenters. The fraction of sp³-hybridized carbons (Fsp3) is 0.333. The Hall–Kier alpha value is -0.630. The second-order valence-corrected chi connectivity index (χ2v) is 4.68. The highest BCUT2D eigenvalue weighted by molar-refractivity contribution is 7.60. The van der Waals surface area contributed by atoms with Crippen molar-refractivity contribution in [1.82, 2.24) is 0 Å². The molecule has 0 fully saturated rings. The maximum absolute atomic E-state index is 10.9. The molecule has 0 bridgehead atoms. The average molecular weight is 200 g/mol. The van der Waals surface area contributed by atoms with Crippen molar-refractivity contribution in [2.75, 3.05) is 0 Å². The van der Waals surface area contributed by atoms with Gasteiger partial charge in [-0.05, 0) is 36.6 Å². The van der Waals surface area contributed by atoms with Gasteiger partial charge in [-0.25, -0.2) is 0 Å². The lowest BCUT2D eigenvalue weighted by Gasteiger charge is -2.07. The van der Waals surface area contributed by atoms with E-state index in [-0.39, 0.29) is 5.30 Å². The van der Waals surface area contributed by atoms with Crippen LogP contribution in [0.2, 0.25) is 0 Å². The first-order chi connectivity index (χ1) is 5.93. The van der Waals surface area contributed by atoms with Crippen LogP contribution in [0.4, 0.5) is 0 Å². The standard InChI is InChI=1S/C9H13O3P/c1-3-8-4-7(2)5-9(6-8)13(10,11)12/h4-6H,3H2,1-2H3,(H2,10,11,12). The zero-order valence-corrected chi connectivity index (χ0v) is 8.58. The monoisotopic (exact) mass is 200 g/mol. The molecule has 0 heterocycles. The van der Waals surface area contributed by atoms with Crippen LogP contribution < -0.4 is 5.30 Å². The molecule has 0 saturated carbocycles. The molecule has 3 nitrogen and oxygen atoms in total. The Morgan fingerprint density at radius 3 is 2.38 bits per heavy atom. The number of aryl methyl sites for hydroxylation is 2. The first-order valence-corrected chi connectivity index (χ1v) is 5.71. The Bertz CT molecular complexity index is 354. The van der Waals surface area contributed by atoms with E-state index >= 15 is 0 Å². The minimum Gasteiger partial charge on any atom is -0.321 e. The predicted octanol–water partition coefficient (Wildman–Crippen LogP) is 1.36. The molecule has 0 aromatic heterocycles. The number of rotatable bonds is 2. The first kappa shape index (κ1) is 10.5. The summed E-state index contributed by atoms with van der Waals surface area (Å²) in [5, 5.41) is 0.115. The summed E-state index contributed by atoms with van der Waals surface area (Å²) in [6, 6.07) is 5.02. The molecule has 72 valence electrons. The summed E-state index contributed by atoms with van der Waals surface area (Å²) < 4.78 is 10.9. The van der Waals surface area contributed by atoms with E-state index < -0.39 is 7.60 Å². The second kappa shape index (κ2) is 3.62. The Kier molecular flexibility index (Phi) is 2.91. The summed E-state index contributed by atoms with van der Waals surface area (Å²) in [7, 11) is -4.09. The minimum absolute atomic E-state index is 0.115. The summed E-state index contributed by atoms with van der Waals surface area (Å²) in [4.78, 5) is 17.9. The molecule has 0 saturated heterocycles. The Morgan fingerprint density at radius 1 is 1.31 bits per heavy atom. The summed E-state index contributed by atoms with van der Waals surface area (Å²) in [5.41, 5.74) is 1.84. The van der Waals surface area contributed by atoms with Crippen LogP contribution >= 0.6 is 7.60 Å². The van der Waals surface area contributed by atoms with Gasteiger partial charge in [-0.15, -0.1) is 0 Å². The second-order valence-electron chi connectivity index (χ2n) is 3.07. The zero-order chi connectivity index (χ0) is 10.1. The minimum atomic E-state index is -4.09. The van der Waals surface area contributed by atoms with Gasteiger partial charge in [0.1, 0.15) is 0 Å². The predicted molar refractivity (Wildman–Crippen MR) is 52.2 cm³/mol. The van der Waals surface area contributed by atoms with Gasteiger partial charge in [0, 0.05) is 0 Å². The highest BCUT2D eigenvalue weighted by Gasteiger charge is 2.17. The van der Waals surface area contributed by atoms with Crippen molar-refractivity contribution in [1.29, 1.82) is 0 Å². The van der Waals surface area contributed by atoms with E-state index in [9.17, 15) is 4.57 Å². The molecule has 4 heteroatoms. The van der Waals surface area contributed by atoms with Crippen molar-refractivity contribution in [3.05, 3.63) is 29.3 Å². The van der Waals surface area contributed by atoms with Crippen molar-refractivity contribution in [2.45, 2.75) is 20.3 Å². The molecule has 13 heavy (non-hydrogen) atoms. The smallest absolute Gasteiger partial charge is 0.321 e. The van der Waals surface area contributed by atoms with Crippen LogP contribution in [-0.2, 0) is 11.0 Å². The quantitative estimate of drug-likeness (QED) is 0.708. The maximum Gasteiger partial charge on any atom is 0.356 e. The number of hydrogen-bond acceptors (Lipinski definition) is 1. The van der Waals surface area contributed by atoms with E-state index in [1.54, 1.807) is 6.07 Å². The van der Waals surface area contributed by atoms with E-state index in [1.165, 1.54) is 6.07 Å². The third-order valence-electron chi connectivity index (χ3n) is 1.87. The van der Waals surface area contributed by atoms with E-state index in [0.29, 0.717) is 0 Å². The van der Waals surface area contributed by atoms with Gasteiger partial charge in [-0.3, -0.25) is 4.57 Å². The lowest BCUT2D eigenvalue weighted by Crippen LogP contribution is -2.05. The van der Waals surface area contributed by atoms with Crippen LogP contribution in [0.5, 0.6) is 0 Å². The number of hydrogen-bond donors (Lipinski definition) is 2. The van der Waals surface area contributed by atoms with E-state index in [4.69, 9.17) is 9.79 Å². The largest absolute Gasteiger partial charge is 0.356 e. The van der Waals surface area contributed by atoms with Gasteiger partial charge in [0.05, 0.1) is 5.30 Å². The zero-order valence-electron chi connectivity index (χ0n) is 7.69. The van der Waals surface area contributed by atoms with Gasteiger partial charge in [0.2, 0.25) is 0 Å². The molecule has 1 aromatic carbocycles. The molecule has 1 aromatic rings. The van der Waals surface area contributed by atoms with Gasteiger partial charge in [-0.1, -0.05) is 13.0 Å². The van der Waals surface area contributed by atoms with Crippen molar-refractivity contribution < 1.29 is 14.4 Å². The average Bonchev–Trinajstić information content (AvgIpc) is 2.01. The summed E-state index contributed by atoms with van der Waals surface area (Å²) in [6.07, 6.45) is 0.786. The van der Waals surface area contributed by atoms with Crippen molar-refractivity contribution in [2.24, 2.45) is 0 Å². The molecule has 0 radical (unpaired) electrons. The van der Waals surface area contributed by atoms with Crippen LogP contribution in [0.25, 0.3) is 0 Å². The highest BCUT2D eigenvalue weighted by Crippen LogP contribution is 2.33. The third-order valence-corrected chi connectivity index (χ3v) is 2.80. The molecular formula is C9H13O3P. The summed E-state index contributed by atoms with van der Waals surface area (Å²) >= 11 is 0. The van der Waals surface area contributed by atoms with Crippen LogP contribution in [0.15, 0.2) is 18.2 Å². The highest BCUT2D eigenvalue weighted by atomic mass is 31.2. The SMILES string of the molecule is CCc1cc(C)cc(P(=O)(O)O)c1. The van der Waals surface area contributed by atoms with Gasteiger partial charge in [0.25, 0.3) is 0 Å². The molecule has 0 aliphatic heterocycles. The Morgan fingerprint density at radius 2 is 1.92 bits per heavy atom. The normalized spacial score (nSPS) is 11.7. The van der Waals surface area contributed by atoms with Crippen LogP contribution in [-0.4, -0.2) is 9.79 Å². The maximum atomic E-state index is 10.9. The van der Waals surface area contributed by atoms with Crippen LogP contribution in [0.3, 0.4) is 0 Å². The molecule has 0 amide bonds. The van der Waals surface area contributed by atoms with Gasteiger partial charge < -0.3 is 9.79 Å². The fourth-order valence-electron chi connectivity index (χ4n) is 1.21.